The van der Waals surface area contributed by atoms with Gasteiger partial charge < -0.3 is 19.3 Å². The fourth-order valence-electron chi connectivity index (χ4n) is 5.63. The van der Waals surface area contributed by atoms with Crippen molar-refractivity contribution < 1.29 is 46.0 Å². The average molecular weight is 841 g/mol. The van der Waals surface area contributed by atoms with Gasteiger partial charge >= 0.3 is 37.7 Å². The van der Waals surface area contributed by atoms with E-state index in [0.29, 0.717) is 34.7 Å². The second-order valence-corrected chi connectivity index (χ2v) is 14.4. The molecule has 6 aromatic carbocycles. The second kappa shape index (κ2) is 18.2. The summed E-state index contributed by atoms with van der Waals surface area (Å²) in [4.78, 5) is 20.2. The molecule has 0 heterocycles. The minimum absolute atomic E-state index is 0. The van der Waals surface area contributed by atoms with Crippen molar-refractivity contribution in [2.24, 2.45) is 20.5 Å². The van der Waals surface area contributed by atoms with E-state index >= 15 is 0 Å². The summed E-state index contributed by atoms with van der Waals surface area (Å²) in [5.41, 5.74) is 0.663. The largest absolute Gasteiger partial charge is 2.00 e. The maximum absolute atomic E-state index is 11.6. The average Bonchev–Trinajstić information content (AvgIpc) is 3.15. The van der Waals surface area contributed by atoms with Gasteiger partial charge in [-0.15, -0.1) is 10.2 Å². The van der Waals surface area contributed by atoms with Gasteiger partial charge in [-0.25, -0.2) is 16.8 Å². The number of nitrogens with zero attached hydrogens (tertiary/aromatic N) is 6. The number of azo groups is 2. The van der Waals surface area contributed by atoms with Crippen LogP contribution in [0.15, 0.2) is 127 Å². The van der Waals surface area contributed by atoms with Crippen LogP contribution in [-0.4, -0.2) is 83.7 Å². The number of hydrogen-bond donors (Lipinski definition) is 2. The first-order valence-electron chi connectivity index (χ1n) is 16.2. The molecule has 0 saturated heterocycles. The number of benzene rings is 6. The Balaban J connectivity index is 0.000000248. The van der Waals surface area contributed by atoms with E-state index in [2.05, 4.69) is 20.5 Å². The zero-order valence-corrected chi connectivity index (χ0v) is 33.7. The molecule has 18 nitrogen and oxygen atoms in total. The molecule has 0 spiro atoms. The van der Waals surface area contributed by atoms with Crippen LogP contribution >= 0.6 is 0 Å². The van der Waals surface area contributed by atoms with E-state index in [1.807, 2.05) is 0 Å². The first-order chi connectivity index (χ1) is 26.4. The Bertz CT molecular complexity index is 2640. The SMILES string of the molecule is CCc1ccc(N=Nc2c(O)ccc3cccc(S(=O)(=O)[O-])c23)cc1[N+](=O)[O-].CCc1ccc(N=Nc2c(O)ccc3cccc(S(=O)(=O)[O-])c23)cc1[N+](=O)[O-].[Ca+2]. The number of nitro groups is 2. The van der Waals surface area contributed by atoms with E-state index in [0.717, 1.165) is 12.1 Å². The summed E-state index contributed by atoms with van der Waals surface area (Å²) in [5.74, 6) is -0.765. The standard InChI is InChI=1S/2C18H15N3O6S.Ca/c2*1-2-11-6-8-13(10-14(11)21(23)24)19-20-18-15(22)9-7-12-4-3-5-16(17(12)18)28(25,26)27;/h2*3-10,22H,2H2,1H3,(H,25,26,27);/q;;+2/p-2. The van der Waals surface area contributed by atoms with Gasteiger partial charge in [0.25, 0.3) is 11.4 Å². The van der Waals surface area contributed by atoms with Gasteiger partial charge in [0.2, 0.25) is 0 Å². The molecule has 0 radical (unpaired) electrons. The molecule has 2 N–H and O–H groups in total. The Morgan fingerprint density at radius 2 is 0.930 bits per heavy atom. The summed E-state index contributed by atoms with van der Waals surface area (Å²) in [5, 5.41) is 58.8. The maximum atomic E-state index is 11.6. The van der Waals surface area contributed by atoms with Crippen molar-refractivity contribution in [3.05, 3.63) is 128 Å². The molecule has 0 aliphatic rings. The molecule has 0 bridgehead atoms. The minimum atomic E-state index is -4.83. The van der Waals surface area contributed by atoms with E-state index in [1.165, 1.54) is 60.7 Å². The Morgan fingerprint density at radius 3 is 1.25 bits per heavy atom. The molecule has 6 aromatic rings. The Hall–Kier alpha value is -5.48. The smallest absolute Gasteiger partial charge is 0.744 e. The summed E-state index contributed by atoms with van der Waals surface area (Å²) in [7, 11) is -9.66. The molecule has 0 aliphatic heterocycles. The van der Waals surface area contributed by atoms with Crippen molar-refractivity contribution in [3.8, 4) is 11.5 Å². The maximum Gasteiger partial charge on any atom is 2.00 e. The molecule has 0 unspecified atom stereocenters. The van der Waals surface area contributed by atoms with Crippen molar-refractivity contribution in [2.45, 2.75) is 36.5 Å². The predicted octanol–water partition coefficient (Wildman–Crippen LogP) is 8.29. The first-order valence-corrected chi connectivity index (χ1v) is 19.1. The van der Waals surface area contributed by atoms with E-state index in [-0.39, 0.29) is 94.1 Å². The number of phenols is 2. The minimum Gasteiger partial charge on any atom is -0.744 e. The molecule has 0 aliphatic carbocycles. The molecular formula is C36H28CaN6O12S2. The van der Waals surface area contributed by atoms with Gasteiger partial charge in [0.15, 0.2) is 0 Å². The molecule has 0 fully saturated rings. The van der Waals surface area contributed by atoms with Gasteiger partial charge in [0.05, 0.1) is 31.0 Å². The fourth-order valence-corrected chi connectivity index (χ4v) is 7.05. The van der Waals surface area contributed by atoms with Gasteiger partial charge in [-0.3, -0.25) is 20.2 Å². The third-order valence-corrected chi connectivity index (χ3v) is 10.0. The van der Waals surface area contributed by atoms with E-state index in [4.69, 9.17) is 0 Å². The zero-order valence-electron chi connectivity index (χ0n) is 29.8. The predicted molar refractivity (Wildman–Crippen MR) is 206 cm³/mol. The molecule has 0 saturated carbocycles. The number of hydrogen-bond acceptors (Lipinski definition) is 16. The van der Waals surface area contributed by atoms with Crippen LogP contribution in [0.25, 0.3) is 21.5 Å². The third-order valence-electron chi connectivity index (χ3n) is 8.28. The molecule has 0 aromatic heterocycles. The topological polar surface area (TPSA) is 291 Å². The molecule has 0 amide bonds. The number of rotatable bonds is 10. The van der Waals surface area contributed by atoms with Crippen LogP contribution in [0, 0.1) is 20.2 Å². The number of nitro benzene ring substituents is 2. The van der Waals surface area contributed by atoms with E-state index in [1.54, 1.807) is 38.1 Å². The van der Waals surface area contributed by atoms with E-state index in [9.17, 15) is 56.4 Å². The third kappa shape index (κ3) is 10.1. The molecule has 21 heteroatoms. The quantitative estimate of drug-likeness (QED) is 0.0433. The van der Waals surface area contributed by atoms with Crippen LogP contribution in [0.1, 0.15) is 25.0 Å². The van der Waals surface area contributed by atoms with Crippen LogP contribution in [0.4, 0.5) is 34.1 Å². The molecule has 0 atom stereocenters. The number of phenolic OH excluding ortho intramolecular Hbond substituents is 2. The first kappa shape index (κ1) is 44.2. The van der Waals surface area contributed by atoms with Crippen LogP contribution < -0.4 is 0 Å². The van der Waals surface area contributed by atoms with Crippen LogP contribution in [0.5, 0.6) is 11.5 Å². The van der Waals surface area contributed by atoms with Crippen molar-refractivity contribution >= 4 is 114 Å². The van der Waals surface area contributed by atoms with Gasteiger partial charge in [-0.05, 0) is 72.1 Å². The van der Waals surface area contributed by atoms with Gasteiger partial charge in [-0.1, -0.05) is 50.2 Å². The molecular weight excluding hydrogens is 813 g/mol. The van der Waals surface area contributed by atoms with Crippen molar-refractivity contribution in [2.75, 3.05) is 0 Å². The summed E-state index contributed by atoms with van der Waals surface area (Å²) in [6.07, 6.45) is 0.922. The van der Waals surface area contributed by atoms with Gasteiger partial charge in [0.1, 0.15) is 43.1 Å². The Kier molecular flexibility index (Phi) is 14.1. The summed E-state index contributed by atoms with van der Waals surface area (Å²) < 4.78 is 69.5. The number of aryl methyl sites for hydroxylation is 2. The Labute approximate surface area is 354 Å². The summed E-state index contributed by atoms with van der Waals surface area (Å²) >= 11 is 0. The van der Waals surface area contributed by atoms with Crippen LogP contribution in [0.2, 0.25) is 0 Å². The van der Waals surface area contributed by atoms with Crippen molar-refractivity contribution in [1.29, 1.82) is 0 Å². The van der Waals surface area contributed by atoms with Gasteiger partial charge in [0, 0.05) is 34.0 Å². The number of fused-ring (bicyclic) bond motifs is 2. The number of aromatic hydroxyl groups is 2. The van der Waals surface area contributed by atoms with Crippen molar-refractivity contribution in [1.82, 2.24) is 0 Å². The molecule has 57 heavy (non-hydrogen) atoms. The van der Waals surface area contributed by atoms with Gasteiger partial charge in [-0.2, -0.15) is 10.2 Å². The summed E-state index contributed by atoms with van der Waals surface area (Å²) in [6, 6.07) is 22.2. The fraction of sp³-hybridized carbons (Fsp3) is 0.111. The summed E-state index contributed by atoms with van der Waals surface area (Å²) in [6.45, 7) is 3.56. The van der Waals surface area contributed by atoms with Crippen molar-refractivity contribution in [3.63, 3.8) is 0 Å². The van der Waals surface area contributed by atoms with Crippen LogP contribution in [0.3, 0.4) is 0 Å². The zero-order chi connectivity index (χ0) is 40.9. The second-order valence-electron chi connectivity index (χ2n) is 11.7. The van der Waals surface area contributed by atoms with E-state index < -0.39 is 39.9 Å². The Morgan fingerprint density at radius 1 is 0.561 bits per heavy atom. The molecule has 288 valence electrons. The normalized spacial score (nSPS) is 11.7. The molecule has 6 rings (SSSR count). The monoisotopic (exact) mass is 840 g/mol. The van der Waals surface area contributed by atoms with Crippen LogP contribution in [-0.2, 0) is 33.1 Å².